The maximum atomic E-state index is 12.1. The zero-order chi connectivity index (χ0) is 15.0. The highest BCUT2D eigenvalue weighted by Crippen LogP contribution is 2.35. The van der Waals surface area contributed by atoms with Crippen LogP contribution in [0.15, 0.2) is 18.3 Å². The normalized spacial score (nSPS) is 28.6. The molecule has 0 aliphatic carbocycles. The molecule has 2 aliphatic heterocycles. The van der Waals surface area contributed by atoms with Crippen LogP contribution in [0.4, 0.5) is 0 Å². The van der Waals surface area contributed by atoms with E-state index < -0.39 is 0 Å². The summed E-state index contributed by atoms with van der Waals surface area (Å²) in [5, 5.41) is 12.2. The van der Waals surface area contributed by atoms with Gasteiger partial charge in [0.1, 0.15) is 5.69 Å². The fraction of sp³-hybridized carbons (Fsp3) is 0.600. The van der Waals surface area contributed by atoms with Crippen molar-refractivity contribution in [3.05, 3.63) is 24.0 Å². The minimum atomic E-state index is -0.364. The van der Waals surface area contributed by atoms with Gasteiger partial charge in [0.25, 0.3) is 5.91 Å². The van der Waals surface area contributed by atoms with Gasteiger partial charge >= 0.3 is 0 Å². The Morgan fingerprint density at radius 3 is 2.57 bits per heavy atom. The van der Waals surface area contributed by atoms with Crippen LogP contribution in [0.2, 0.25) is 0 Å². The van der Waals surface area contributed by atoms with Gasteiger partial charge in [-0.15, -0.1) is 0 Å². The van der Waals surface area contributed by atoms with Gasteiger partial charge in [0.15, 0.2) is 0 Å². The van der Waals surface area contributed by atoms with E-state index in [0.717, 1.165) is 25.7 Å². The Kier molecular flexibility index (Phi) is 3.82. The molecule has 21 heavy (non-hydrogen) atoms. The fourth-order valence-electron chi connectivity index (χ4n) is 3.60. The van der Waals surface area contributed by atoms with Crippen molar-refractivity contribution in [1.29, 1.82) is 0 Å². The summed E-state index contributed by atoms with van der Waals surface area (Å²) in [7, 11) is 1.77. The fourth-order valence-corrected chi connectivity index (χ4v) is 3.60. The SMILES string of the molecule is Cn1cccc1C(=O)NC(=O)CN1C2CCC1CC(O)C2. The average molecular weight is 291 g/mol. The number of aromatic nitrogens is 1. The van der Waals surface area contributed by atoms with Crippen LogP contribution in [-0.4, -0.2) is 51.1 Å². The molecule has 1 aromatic rings. The minimum Gasteiger partial charge on any atom is -0.393 e. The number of fused-ring (bicyclic) bond motifs is 2. The molecule has 0 spiro atoms. The number of imide groups is 1. The van der Waals surface area contributed by atoms with E-state index >= 15 is 0 Å². The quantitative estimate of drug-likeness (QED) is 0.838. The Labute approximate surface area is 123 Å². The van der Waals surface area contributed by atoms with Gasteiger partial charge in [-0.1, -0.05) is 0 Å². The van der Waals surface area contributed by atoms with Gasteiger partial charge in [0.05, 0.1) is 12.6 Å². The monoisotopic (exact) mass is 291 g/mol. The molecule has 2 N–H and O–H groups in total. The number of aliphatic hydroxyl groups excluding tert-OH is 1. The molecule has 2 atom stereocenters. The van der Waals surface area contributed by atoms with Crippen LogP contribution in [0.25, 0.3) is 0 Å². The maximum absolute atomic E-state index is 12.1. The summed E-state index contributed by atoms with van der Waals surface area (Å²) < 4.78 is 1.68. The predicted octanol–water partition coefficient (Wildman–Crippen LogP) is 0.269. The molecule has 2 amide bonds. The maximum Gasteiger partial charge on any atom is 0.274 e. The summed E-state index contributed by atoms with van der Waals surface area (Å²) in [5.74, 6) is -0.633. The van der Waals surface area contributed by atoms with Crippen molar-refractivity contribution >= 4 is 11.8 Å². The molecule has 2 bridgehead atoms. The summed E-state index contributed by atoms with van der Waals surface area (Å²) in [6.07, 6.45) is 5.05. The first-order valence-electron chi connectivity index (χ1n) is 7.44. The van der Waals surface area contributed by atoms with E-state index in [1.807, 2.05) is 0 Å². The molecule has 0 aromatic carbocycles. The lowest BCUT2D eigenvalue weighted by Crippen LogP contribution is -2.49. The molecule has 3 rings (SSSR count). The largest absolute Gasteiger partial charge is 0.393 e. The molecule has 2 saturated heterocycles. The number of nitrogens with one attached hydrogen (secondary N) is 1. The summed E-state index contributed by atoms with van der Waals surface area (Å²) in [6, 6.07) is 4.00. The lowest BCUT2D eigenvalue weighted by Gasteiger charge is -2.36. The van der Waals surface area contributed by atoms with E-state index in [-0.39, 0.29) is 36.5 Å². The van der Waals surface area contributed by atoms with Gasteiger partial charge in [-0.3, -0.25) is 19.8 Å². The van der Waals surface area contributed by atoms with E-state index in [2.05, 4.69) is 10.2 Å². The number of aryl methyl sites for hydroxylation is 1. The first kappa shape index (κ1) is 14.3. The number of carbonyl (C=O) groups is 2. The van der Waals surface area contributed by atoms with Gasteiger partial charge in [-0.25, -0.2) is 0 Å². The van der Waals surface area contributed by atoms with E-state index in [1.165, 1.54) is 0 Å². The molecule has 2 fully saturated rings. The van der Waals surface area contributed by atoms with E-state index in [1.54, 1.807) is 29.9 Å². The second-order valence-corrected chi connectivity index (χ2v) is 6.06. The third-order valence-electron chi connectivity index (χ3n) is 4.61. The third kappa shape index (κ3) is 2.87. The van der Waals surface area contributed by atoms with Crippen molar-refractivity contribution in [2.75, 3.05) is 6.54 Å². The second-order valence-electron chi connectivity index (χ2n) is 6.06. The van der Waals surface area contributed by atoms with Crippen LogP contribution in [0.1, 0.15) is 36.2 Å². The molecule has 1 aromatic heterocycles. The van der Waals surface area contributed by atoms with E-state index in [4.69, 9.17) is 0 Å². The van der Waals surface area contributed by atoms with Gasteiger partial charge in [-0.2, -0.15) is 0 Å². The third-order valence-corrected chi connectivity index (χ3v) is 4.61. The topological polar surface area (TPSA) is 74.6 Å². The van der Waals surface area contributed by atoms with Crippen molar-refractivity contribution in [2.45, 2.75) is 43.9 Å². The van der Waals surface area contributed by atoms with E-state index in [0.29, 0.717) is 5.69 Å². The van der Waals surface area contributed by atoms with Crippen molar-refractivity contribution in [1.82, 2.24) is 14.8 Å². The predicted molar refractivity (Wildman–Crippen MR) is 76.6 cm³/mol. The highest BCUT2D eigenvalue weighted by molar-refractivity contribution is 6.04. The molecule has 2 aliphatic rings. The van der Waals surface area contributed by atoms with Crippen LogP contribution >= 0.6 is 0 Å². The highest BCUT2D eigenvalue weighted by atomic mass is 16.3. The first-order chi connectivity index (χ1) is 10.0. The summed E-state index contributed by atoms with van der Waals surface area (Å²) in [5.41, 5.74) is 0.473. The van der Waals surface area contributed by atoms with Crippen LogP contribution in [-0.2, 0) is 11.8 Å². The van der Waals surface area contributed by atoms with E-state index in [9.17, 15) is 14.7 Å². The zero-order valence-corrected chi connectivity index (χ0v) is 12.2. The summed E-state index contributed by atoms with van der Waals surface area (Å²) in [4.78, 5) is 26.2. The Morgan fingerprint density at radius 1 is 1.33 bits per heavy atom. The van der Waals surface area contributed by atoms with Crippen molar-refractivity contribution < 1.29 is 14.7 Å². The number of aliphatic hydroxyl groups is 1. The lowest BCUT2D eigenvalue weighted by molar-refractivity contribution is -0.123. The summed E-state index contributed by atoms with van der Waals surface area (Å²) in [6.45, 7) is 0.234. The highest BCUT2D eigenvalue weighted by Gasteiger charge is 2.40. The molecule has 3 heterocycles. The molecule has 114 valence electrons. The average Bonchev–Trinajstić information content (AvgIpc) is 2.92. The minimum absolute atomic E-state index is 0.234. The van der Waals surface area contributed by atoms with Crippen LogP contribution in [0.3, 0.4) is 0 Å². The van der Waals surface area contributed by atoms with Crippen molar-refractivity contribution in [2.24, 2.45) is 7.05 Å². The van der Waals surface area contributed by atoms with Gasteiger partial charge in [0, 0.05) is 25.3 Å². The van der Waals surface area contributed by atoms with Gasteiger partial charge in [0.2, 0.25) is 5.91 Å². The molecule has 6 heteroatoms. The first-order valence-corrected chi connectivity index (χ1v) is 7.44. The zero-order valence-electron chi connectivity index (χ0n) is 12.2. The second kappa shape index (κ2) is 5.61. The molecule has 2 unspecified atom stereocenters. The van der Waals surface area contributed by atoms with Gasteiger partial charge < -0.3 is 9.67 Å². The van der Waals surface area contributed by atoms with Crippen LogP contribution < -0.4 is 5.32 Å². The number of hydrogen-bond donors (Lipinski definition) is 2. The Hall–Kier alpha value is -1.66. The standard InChI is InChI=1S/C15H21N3O3/c1-17-6-2-3-13(17)15(21)16-14(20)9-18-10-4-5-11(18)8-12(19)7-10/h2-3,6,10-12,19H,4-5,7-9H2,1H3,(H,16,20,21). The Balaban J connectivity index is 1.58. The summed E-state index contributed by atoms with van der Waals surface area (Å²) >= 11 is 0. The Morgan fingerprint density at radius 2 is 2.00 bits per heavy atom. The lowest BCUT2D eigenvalue weighted by atomic mass is 10.00. The number of amides is 2. The van der Waals surface area contributed by atoms with Crippen molar-refractivity contribution in [3.8, 4) is 0 Å². The van der Waals surface area contributed by atoms with Crippen LogP contribution in [0, 0.1) is 0 Å². The number of piperidine rings is 1. The Bertz CT molecular complexity index is 540. The number of hydrogen-bond acceptors (Lipinski definition) is 4. The number of carbonyl (C=O) groups excluding carboxylic acids is 2. The van der Waals surface area contributed by atoms with Gasteiger partial charge in [-0.05, 0) is 37.8 Å². The smallest absolute Gasteiger partial charge is 0.274 e. The molecule has 0 radical (unpaired) electrons. The molecular weight excluding hydrogens is 270 g/mol. The van der Waals surface area contributed by atoms with Crippen LogP contribution in [0.5, 0.6) is 0 Å². The number of nitrogens with zero attached hydrogens (tertiary/aromatic N) is 2. The molecule has 0 saturated carbocycles. The number of rotatable bonds is 3. The van der Waals surface area contributed by atoms with Crippen molar-refractivity contribution in [3.63, 3.8) is 0 Å². The molecular formula is C15H21N3O3. The molecule has 6 nitrogen and oxygen atoms in total.